The maximum Gasteiger partial charge on any atom is 0.0832 e. The molecular formula is C5H10O3. The third-order valence-corrected chi connectivity index (χ3v) is 1.26. The first-order chi connectivity index (χ1) is 3.83. The van der Waals surface area contributed by atoms with Crippen molar-refractivity contribution in [3.05, 3.63) is 0 Å². The van der Waals surface area contributed by atoms with E-state index in [4.69, 9.17) is 14.9 Å². The van der Waals surface area contributed by atoms with E-state index in [9.17, 15) is 0 Å². The third kappa shape index (κ3) is 1.18. The molecule has 0 aromatic heterocycles. The number of hydrogen-bond acceptors (Lipinski definition) is 3. The van der Waals surface area contributed by atoms with Crippen molar-refractivity contribution in [2.24, 2.45) is 0 Å². The lowest BCUT2D eigenvalue weighted by atomic mass is 10.2. The summed E-state index contributed by atoms with van der Waals surface area (Å²) in [5.41, 5.74) is 0. The van der Waals surface area contributed by atoms with Crippen LogP contribution in [-0.2, 0) is 4.74 Å². The highest BCUT2D eigenvalue weighted by Gasteiger charge is 2.21. The SMILES string of the molecule is OCC1CC(O)CO1. The van der Waals surface area contributed by atoms with Gasteiger partial charge < -0.3 is 14.9 Å². The molecule has 8 heavy (non-hydrogen) atoms. The van der Waals surface area contributed by atoms with Crippen LogP contribution in [0.15, 0.2) is 0 Å². The monoisotopic (exact) mass is 118 g/mol. The summed E-state index contributed by atoms with van der Waals surface area (Å²) in [4.78, 5) is 0. The molecule has 1 aliphatic heterocycles. The highest BCUT2D eigenvalue weighted by Crippen LogP contribution is 2.11. The van der Waals surface area contributed by atoms with Crippen molar-refractivity contribution in [2.45, 2.75) is 18.6 Å². The molecule has 0 bridgehead atoms. The average molecular weight is 118 g/mol. The molecule has 48 valence electrons. The van der Waals surface area contributed by atoms with E-state index in [-0.39, 0.29) is 18.8 Å². The predicted molar refractivity (Wildman–Crippen MR) is 27.4 cm³/mol. The van der Waals surface area contributed by atoms with Gasteiger partial charge in [-0.15, -0.1) is 0 Å². The van der Waals surface area contributed by atoms with Crippen LogP contribution in [0.5, 0.6) is 0 Å². The van der Waals surface area contributed by atoms with Gasteiger partial charge in [0.1, 0.15) is 0 Å². The number of aliphatic hydroxyl groups is 2. The Bertz CT molecular complexity index is 74.1. The van der Waals surface area contributed by atoms with Gasteiger partial charge in [0.15, 0.2) is 0 Å². The standard InChI is InChI=1S/C5H10O3/c6-2-5-1-4(7)3-8-5/h4-7H,1-3H2. The zero-order chi connectivity index (χ0) is 5.98. The second kappa shape index (κ2) is 2.44. The lowest BCUT2D eigenvalue weighted by Crippen LogP contribution is -2.10. The van der Waals surface area contributed by atoms with Crippen molar-refractivity contribution in [1.82, 2.24) is 0 Å². The molecule has 0 spiro atoms. The van der Waals surface area contributed by atoms with Crippen LogP contribution in [0.3, 0.4) is 0 Å². The lowest BCUT2D eigenvalue weighted by Gasteiger charge is -2.00. The van der Waals surface area contributed by atoms with Crippen LogP contribution in [0.2, 0.25) is 0 Å². The van der Waals surface area contributed by atoms with Crippen molar-refractivity contribution in [3.63, 3.8) is 0 Å². The summed E-state index contributed by atoms with van der Waals surface area (Å²) in [5, 5.41) is 17.2. The first kappa shape index (κ1) is 6.01. The molecule has 0 aliphatic carbocycles. The molecule has 1 fully saturated rings. The topological polar surface area (TPSA) is 49.7 Å². The Hall–Kier alpha value is -0.120. The van der Waals surface area contributed by atoms with Gasteiger partial charge in [-0.1, -0.05) is 0 Å². The molecule has 0 saturated carbocycles. The molecule has 2 unspecified atom stereocenters. The van der Waals surface area contributed by atoms with E-state index in [1.807, 2.05) is 0 Å². The first-order valence-corrected chi connectivity index (χ1v) is 2.73. The Morgan fingerprint density at radius 3 is 2.62 bits per heavy atom. The first-order valence-electron chi connectivity index (χ1n) is 2.73. The van der Waals surface area contributed by atoms with Crippen LogP contribution >= 0.6 is 0 Å². The molecule has 1 saturated heterocycles. The second-order valence-corrected chi connectivity index (χ2v) is 2.03. The maximum atomic E-state index is 8.79. The van der Waals surface area contributed by atoms with E-state index in [1.54, 1.807) is 0 Å². The van der Waals surface area contributed by atoms with Gasteiger partial charge in [-0.05, 0) is 0 Å². The van der Waals surface area contributed by atoms with E-state index >= 15 is 0 Å². The molecule has 0 radical (unpaired) electrons. The summed E-state index contributed by atoms with van der Waals surface area (Å²) in [6.07, 6.45) is 0.105. The lowest BCUT2D eigenvalue weighted by molar-refractivity contribution is 0.0516. The summed E-state index contributed by atoms with van der Waals surface area (Å²) in [5.74, 6) is 0. The van der Waals surface area contributed by atoms with Crippen molar-refractivity contribution in [1.29, 1.82) is 0 Å². The molecule has 0 aromatic carbocycles. The molecule has 1 aliphatic rings. The van der Waals surface area contributed by atoms with Crippen LogP contribution in [0.4, 0.5) is 0 Å². The number of hydrogen-bond donors (Lipinski definition) is 2. The predicted octanol–water partition coefficient (Wildman–Crippen LogP) is -0.872. The minimum absolute atomic E-state index is 0.0249. The van der Waals surface area contributed by atoms with Gasteiger partial charge in [0, 0.05) is 6.42 Å². The summed E-state index contributed by atoms with van der Waals surface area (Å²) < 4.78 is 4.91. The molecule has 3 nitrogen and oxygen atoms in total. The van der Waals surface area contributed by atoms with Gasteiger partial charge in [-0.3, -0.25) is 0 Å². The Labute approximate surface area is 47.9 Å². The Kier molecular flexibility index (Phi) is 1.83. The van der Waals surface area contributed by atoms with E-state index in [0.717, 1.165) is 0 Å². The minimum atomic E-state index is -0.354. The Balaban J connectivity index is 2.22. The van der Waals surface area contributed by atoms with Crippen LogP contribution in [0, 0.1) is 0 Å². The van der Waals surface area contributed by atoms with E-state index in [1.165, 1.54) is 0 Å². The molecule has 2 N–H and O–H groups in total. The van der Waals surface area contributed by atoms with Gasteiger partial charge >= 0.3 is 0 Å². The molecular weight excluding hydrogens is 108 g/mol. The van der Waals surface area contributed by atoms with Gasteiger partial charge in [0.25, 0.3) is 0 Å². The van der Waals surface area contributed by atoms with Crippen LogP contribution in [0.1, 0.15) is 6.42 Å². The quantitative estimate of drug-likeness (QED) is 0.470. The summed E-state index contributed by atoms with van der Waals surface area (Å²) in [6.45, 7) is 0.405. The van der Waals surface area contributed by atoms with Crippen molar-refractivity contribution >= 4 is 0 Å². The van der Waals surface area contributed by atoms with Crippen molar-refractivity contribution in [3.8, 4) is 0 Å². The van der Waals surface area contributed by atoms with E-state index in [2.05, 4.69) is 0 Å². The zero-order valence-corrected chi connectivity index (χ0v) is 4.58. The van der Waals surface area contributed by atoms with Crippen molar-refractivity contribution in [2.75, 3.05) is 13.2 Å². The fraction of sp³-hybridized carbons (Fsp3) is 1.00. The summed E-state index contributed by atoms with van der Waals surface area (Å²) >= 11 is 0. The molecule has 1 heterocycles. The number of ether oxygens (including phenoxy) is 1. The van der Waals surface area contributed by atoms with Gasteiger partial charge in [-0.2, -0.15) is 0 Å². The van der Waals surface area contributed by atoms with Crippen LogP contribution < -0.4 is 0 Å². The molecule has 3 heteroatoms. The second-order valence-electron chi connectivity index (χ2n) is 2.03. The zero-order valence-electron chi connectivity index (χ0n) is 4.58. The molecule has 0 amide bonds. The van der Waals surface area contributed by atoms with Crippen LogP contribution in [0.25, 0.3) is 0 Å². The molecule has 1 rings (SSSR count). The smallest absolute Gasteiger partial charge is 0.0832 e. The summed E-state index contributed by atoms with van der Waals surface area (Å²) in [6, 6.07) is 0. The molecule has 2 atom stereocenters. The highest BCUT2D eigenvalue weighted by molar-refractivity contribution is 4.70. The highest BCUT2D eigenvalue weighted by atomic mass is 16.5. The van der Waals surface area contributed by atoms with Crippen molar-refractivity contribution < 1.29 is 14.9 Å². The van der Waals surface area contributed by atoms with Gasteiger partial charge in [0.05, 0.1) is 25.4 Å². The van der Waals surface area contributed by atoms with E-state index < -0.39 is 0 Å². The normalized spacial score (nSPS) is 38.2. The fourth-order valence-corrected chi connectivity index (χ4v) is 0.814. The van der Waals surface area contributed by atoms with Crippen LogP contribution in [-0.4, -0.2) is 35.6 Å². The Morgan fingerprint density at radius 2 is 2.38 bits per heavy atom. The van der Waals surface area contributed by atoms with Gasteiger partial charge in [0.2, 0.25) is 0 Å². The maximum absolute atomic E-state index is 8.79. The molecule has 0 aromatic rings. The third-order valence-electron chi connectivity index (χ3n) is 1.26. The fourth-order valence-electron chi connectivity index (χ4n) is 0.814. The Morgan fingerprint density at radius 1 is 1.62 bits per heavy atom. The number of aliphatic hydroxyl groups excluding tert-OH is 2. The van der Waals surface area contributed by atoms with E-state index in [0.29, 0.717) is 13.0 Å². The summed E-state index contributed by atoms with van der Waals surface area (Å²) in [7, 11) is 0. The largest absolute Gasteiger partial charge is 0.394 e. The van der Waals surface area contributed by atoms with Gasteiger partial charge in [-0.25, -0.2) is 0 Å². The average Bonchev–Trinajstić information content (AvgIpc) is 2.14. The minimum Gasteiger partial charge on any atom is -0.394 e. The number of rotatable bonds is 1.